The van der Waals surface area contributed by atoms with Gasteiger partial charge in [0.25, 0.3) is 0 Å². The molecule has 0 spiro atoms. The van der Waals surface area contributed by atoms with Gasteiger partial charge in [0.2, 0.25) is 5.91 Å². The average molecular weight is 227 g/mol. The monoisotopic (exact) mass is 226 g/mol. The Hall–Kier alpha value is -1.06. The van der Waals surface area contributed by atoms with E-state index in [4.69, 9.17) is 11.6 Å². The molecule has 0 saturated carbocycles. The zero-order valence-corrected chi connectivity index (χ0v) is 9.47. The quantitative estimate of drug-likeness (QED) is 0.749. The fourth-order valence-electron chi connectivity index (χ4n) is 1.19. The first-order valence-electron chi connectivity index (χ1n) is 4.88. The zero-order chi connectivity index (χ0) is 11.1. The molecule has 2 N–H and O–H groups in total. The Morgan fingerprint density at radius 1 is 1.40 bits per heavy atom. The van der Waals surface area contributed by atoms with Crippen molar-refractivity contribution in [3.05, 3.63) is 34.9 Å². The molecule has 0 aromatic heterocycles. The maximum absolute atomic E-state index is 10.9. The lowest BCUT2D eigenvalue weighted by Gasteiger charge is -2.05. The number of nitrogens with one attached hydrogen (secondary N) is 2. The summed E-state index contributed by atoms with van der Waals surface area (Å²) in [6.45, 7) is 1.35. The van der Waals surface area contributed by atoms with Gasteiger partial charge < -0.3 is 10.6 Å². The van der Waals surface area contributed by atoms with Gasteiger partial charge >= 0.3 is 0 Å². The second kappa shape index (κ2) is 6.43. The van der Waals surface area contributed by atoms with Crippen molar-refractivity contribution >= 4 is 17.5 Å². The van der Waals surface area contributed by atoms with E-state index in [0.717, 1.165) is 10.6 Å². The van der Waals surface area contributed by atoms with Crippen LogP contribution in [0.25, 0.3) is 0 Å². The van der Waals surface area contributed by atoms with Crippen molar-refractivity contribution in [2.24, 2.45) is 0 Å². The first kappa shape index (κ1) is 12.0. The highest BCUT2D eigenvalue weighted by Crippen LogP contribution is 2.13. The minimum Gasteiger partial charge on any atom is -0.359 e. The van der Waals surface area contributed by atoms with E-state index in [2.05, 4.69) is 10.6 Å². The molecule has 0 fully saturated rings. The van der Waals surface area contributed by atoms with Gasteiger partial charge in [-0.2, -0.15) is 0 Å². The van der Waals surface area contributed by atoms with Gasteiger partial charge in [-0.05, 0) is 11.6 Å². The lowest BCUT2D eigenvalue weighted by Crippen LogP contribution is -2.24. The van der Waals surface area contributed by atoms with Crippen LogP contribution in [-0.2, 0) is 11.3 Å². The number of halogens is 1. The number of benzene rings is 1. The normalized spacial score (nSPS) is 10.0. The molecular weight excluding hydrogens is 212 g/mol. The van der Waals surface area contributed by atoms with Gasteiger partial charge in [-0.25, -0.2) is 0 Å². The lowest BCUT2D eigenvalue weighted by atomic mass is 10.2. The van der Waals surface area contributed by atoms with Gasteiger partial charge in [0, 0.05) is 31.6 Å². The van der Waals surface area contributed by atoms with Gasteiger partial charge in [-0.15, -0.1) is 0 Å². The second-order valence-electron chi connectivity index (χ2n) is 3.19. The minimum atomic E-state index is 0.0432. The lowest BCUT2D eigenvalue weighted by molar-refractivity contribution is -0.120. The molecule has 0 atom stereocenters. The molecule has 0 aliphatic heterocycles. The molecule has 1 aromatic rings. The molecule has 0 aliphatic carbocycles. The zero-order valence-electron chi connectivity index (χ0n) is 8.72. The summed E-state index contributed by atoms with van der Waals surface area (Å²) in [5.74, 6) is 0.0432. The molecule has 3 nitrogen and oxygen atoms in total. The van der Waals surface area contributed by atoms with Gasteiger partial charge in [-0.3, -0.25) is 4.79 Å². The predicted octanol–water partition coefficient (Wildman–Crippen LogP) is 1.57. The summed E-state index contributed by atoms with van der Waals surface area (Å²) in [6, 6.07) is 7.67. The van der Waals surface area contributed by atoms with Crippen molar-refractivity contribution in [2.75, 3.05) is 13.6 Å². The molecule has 1 rings (SSSR count). The molecule has 0 heterocycles. The van der Waals surface area contributed by atoms with Gasteiger partial charge in [0.05, 0.1) is 0 Å². The van der Waals surface area contributed by atoms with Crippen LogP contribution in [0.1, 0.15) is 12.0 Å². The third kappa shape index (κ3) is 4.32. The summed E-state index contributed by atoms with van der Waals surface area (Å²) in [6.07, 6.45) is 0.487. The van der Waals surface area contributed by atoms with Crippen LogP contribution in [0.5, 0.6) is 0 Å². The summed E-state index contributed by atoms with van der Waals surface area (Å²) in [7, 11) is 1.64. The predicted molar refractivity (Wildman–Crippen MR) is 61.8 cm³/mol. The maximum Gasteiger partial charge on any atom is 0.221 e. The molecule has 0 aliphatic rings. The number of carbonyl (C=O) groups is 1. The summed E-state index contributed by atoms with van der Waals surface area (Å²) in [5.41, 5.74) is 1.05. The summed E-state index contributed by atoms with van der Waals surface area (Å²) in [4.78, 5) is 10.9. The van der Waals surface area contributed by atoms with E-state index in [1.807, 2.05) is 24.3 Å². The van der Waals surface area contributed by atoms with E-state index >= 15 is 0 Å². The SMILES string of the molecule is CNC(=O)CCNCc1ccccc1Cl. The molecule has 0 unspecified atom stereocenters. The highest BCUT2D eigenvalue weighted by atomic mass is 35.5. The highest BCUT2D eigenvalue weighted by Gasteiger charge is 1.99. The van der Waals surface area contributed by atoms with E-state index in [1.165, 1.54) is 0 Å². The largest absolute Gasteiger partial charge is 0.359 e. The summed E-state index contributed by atoms with van der Waals surface area (Å²) >= 11 is 5.97. The highest BCUT2D eigenvalue weighted by molar-refractivity contribution is 6.31. The molecule has 15 heavy (non-hydrogen) atoms. The van der Waals surface area contributed by atoms with Crippen molar-refractivity contribution in [2.45, 2.75) is 13.0 Å². The van der Waals surface area contributed by atoms with Crippen LogP contribution < -0.4 is 10.6 Å². The molecule has 0 saturated heterocycles. The standard InChI is InChI=1S/C11H15ClN2O/c1-13-11(15)6-7-14-8-9-4-2-3-5-10(9)12/h2-5,14H,6-8H2,1H3,(H,13,15). The fourth-order valence-corrected chi connectivity index (χ4v) is 1.39. The summed E-state index contributed by atoms with van der Waals surface area (Å²) < 4.78 is 0. The maximum atomic E-state index is 10.9. The van der Waals surface area contributed by atoms with E-state index in [0.29, 0.717) is 19.5 Å². The van der Waals surface area contributed by atoms with Crippen molar-refractivity contribution in [1.29, 1.82) is 0 Å². The first-order valence-corrected chi connectivity index (χ1v) is 5.26. The smallest absolute Gasteiger partial charge is 0.221 e. The third-order valence-corrected chi connectivity index (χ3v) is 2.45. The van der Waals surface area contributed by atoms with Crippen molar-refractivity contribution in [1.82, 2.24) is 10.6 Å². The molecule has 1 aromatic carbocycles. The molecule has 4 heteroatoms. The van der Waals surface area contributed by atoms with Crippen LogP contribution in [0.3, 0.4) is 0 Å². The van der Waals surface area contributed by atoms with Crippen LogP contribution in [-0.4, -0.2) is 19.5 Å². The number of hydrogen-bond donors (Lipinski definition) is 2. The Bertz CT molecular complexity index is 328. The van der Waals surface area contributed by atoms with E-state index in [1.54, 1.807) is 7.05 Å². The Balaban J connectivity index is 2.26. The average Bonchev–Trinajstić information content (AvgIpc) is 2.26. The van der Waals surface area contributed by atoms with E-state index in [9.17, 15) is 4.79 Å². The van der Waals surface area contributed by atoms with E-state index in [-0.39, 0.29) is 5.91 Å². The Morgan fingerprint density at radius 2 is 2.13 bits per heavy atom. The molecule has 82 valence electrons. The molecular formula is C11H15ClN2O. The number of carbonyl (C=O) groups excluding carboxylic acids is 1. The number of hydrogen-bond acceptors (Lipinski definition) is 2. The molecule has 0 radical (unpaired) electrons. The Morgan fingerprint density at radius 3 is 2.80 bits per heavy atom. The van der Waals surface area contributed by atoms with Crippen LogP contribution in [0, 0.1) is 0 Å². The first-order chi connectivity index (χ1) is 7.24. The van der Waals surface area contributed by atoms with Gasteiger partial charge in [0.1, 0.15) is 0 Å². The van der Waals surface area contributed by atoms with Crippen LogP contribution >= 0.6 is 11.6 Å². The fraction of sp³-hybridized carbons (Fsp3) is 0.364. The van der Waals surface area contributed by atoms with Crippen molar-refractivity contribution in [3.63, 3.8) is 0 Å². The number of amides is 1. The topological polar surface area (TPSA) is 41.1 Å². The third-order valence-electron chi connectivity index (χ3n) is 2.08. The number of rotatable bonds is 5. The van der Waals surface area contributed by atoms with E-state index < -0.39 is 0 Å². The summed E-state index contributed by atoms with van der Waals surface area (Å²) in [5, 5.41) is 6.49. The Kier molecular flexibility index (Phi) is 5.15. The minimum absolute atomic E-state index is 0.0432. The Labute approximate surface area is 94.8 Å². The van der Waals surface area contributed by atoms with Gasteiger partial charge in [0.15, 0.2) is 0 Å². The van der Waals surface area contributed by atoms with Crippen molar-refractivity contribution in [3.8, 4) is 0 Å². The van der Waals surface area contributed by atoms with Crippen LogP contribution in [0.2, 0.25) is 5.02 Å². The van der Waals surface area contributed by atoms with Crippen LogP contribution in [0.15, 0.2) is 24.3 Å². The van der Waals surface area contributed by atoms with Gasteiger partial charge in [-0.1, -0.05) is 29.8 Å². The van der Waals surface area contributed by atoms with Crippen molar-refractivity contribution < 1.29 is 4.79 Å². The second-order valence-corrected chi connectivity index (χ2v) is 3.60. The molecule has 0 bridgehead atoms. The van der Waals surface area contributed by atoms with Crippen LogP contribution in [0.4, 0.5) is 0 Å². The molecule has 1 amide bonds.